The second kappa shape index (κ2) is 6.87. The van der Waals surface area contributed by atoms with Crippen molar-refractivity contribution in [3.8, 4) is 11.5 Å². The van der Waals surface area contributed by atoms with E-state index in [1.54, 1.807) is 38.7 Å². The summed E-state index contributed by atoms with van der Waals surface area (Å²) in [4.78, 5) is 10.8. The molecule has 0 aliphatic rings. The molecule has 0 saturated heterocycles. The number of hydrogen-bond donors (Lipinski definition) is 1. The second-order valence-corrected chi connectivity index (χ2v) is 5.03. The van der Waals surface area contributed by atoms with Gasteiger partial charge in [0, 0.05) is 35.9 Å². The number of rotatable bonds is 5. The standard InChI is InChI=1S/C18H18N4O2/c1-23-15-7-9-20-17(11-15)22(14-5-3-13(19)4-6-14)18-12-16(24-2)8-10-21-18/h3-12H,19H2,1-2H3. The molecule has 0 aliphatic carbocycles. The maximum atomic E-state index is 5.81. The van der Waals surface area contributed by atoms with Gasteiger partial charge < -0.3 is 15.2 Å². The lowest BCUT2D eigenvalue weighted by molar-refractivity contribution is 0.414. The maximum absolute atomic E-state index is 5.81. The monoisotopic (exact) mass is 322 g/mol. The summed E-state index contributed by atoms with van der Waals surface area (Å²) in [6.45, 7) is 0. The Labute approximate surface area is 140 Å². The number of benzene rings is 1. The van der Waals surface area contributed by atoms with Gasteiger partial charge >= 0.3 is 0 Å². The van der Waals surface area contributed by atoms with Gasteiger partial charge in [-0.05, 0) is 36.4 Å². The first-order valence-corrected chi connectivity index (χ1v) is 7.37. The average Bonchev–Trinajstić information content (AvgIpc) is 2.64. The first-order valence-electron chi connectivity index (χ1n) is 7.37. The molecule has 3 aromatic rings. The molecule has 0 radical (unpaired) electrons. The first kappa shape index (κ1) is 15.6. The van der Waals surface area contributed by atoms with E-state index in [0.29, 0.717) is 28.8 Å². The lowest BCUT2D eigenvalue weighted by atomic mass is 10.2. The van der Waals surface area contributed by atoms with E-state index in [0.717, 1.165) is 5.69 Å². The molecule has 2 aromatic heterocycles. The van der Waals surface area contributed by atoms with Crippen molar-refractivity contribution in [2.75, 3.05) is 24.9 Å². The number of anilines is 4. The predicted octanol–water partition coefficient (Wildman–Crippen LogP) is 3.55. The van der Waals surface area contributed by atoms with Crippen molar-refractivity contribution in [1.82, 2.24) is 9.97 Å². The lowest BCUT2D eigenvalue weighted by Gasteiger charge is -2.23. The van der Waals surface area contributed by atoms with E-state index in [-0.39, 0.29) is 0 Å². The third kappa shape index (κ3) is 3.22. The van der Waals surface area contributed by atoms with Crippen LogP contribution in [-0.2, 0) is 0 Å². The van der Waals surface area contributed by atoms with Crippen LogP contribution in [0.3, 0.4) is 0 Å². The van der Waals surface area contributed by atoms with E-state index in [1.807, 2.05) is 41.3 Å². The number of nitrogen functional groups attached to an aromatic ring is 1. The van der Waals surface area contributed by atoms with Crippen molar-refractivity contribution >= 4 is 23.0 Å². The molecule has 0 spiro atoms. The molecule has 0 atom stereocenters. The molecule has 122 valence electrons. The molecule has 6 heteroatoms. The van der Waals surface area contributed by atoms with E-state index in [9.17, 15) is 0 Å². The summed E-state index contributed by atoms with van der Waals surface area (Å²) >= 11 is 0. The van der Waals surface area contributed by atoms with Crippen molar-refractivity contribution < 1.29 is 9.47 Å². The van der Waals surface area contributed by atoms with Crippen LogP contribution in [0.5, 0.6) is 11.5 Å². The minimum Gasteiger partial charge on any atom is -0.497 e. The highest BCUT2D eigenvalue weighted by atomic mass is 16.5. The van der Waals surface area contributed by atoms with Crippen LogP contribution in [0.1, 0.15) is 0 Å². The number of methoxy groups -OCH3 is 2. The summed E-state index contributed by atoms with van der Waals surface area (Å²) in [5.41, 5.74) is 7.38. The van der Waals surface area contributed by atoms with E-state index in [2.05, 4.69) is 9.97 Å². The van der Waals surface area contributed by atoms with Crippen LogP contribution in [-0.4, -0.2) is 24.2 Å². The van der Waals surface area contributed by atoms with Crippen molar-refractivity contribution in [2.24, 2.45) is 0 Å². The number of hydrogen-bond acceptors (Lipinski definition) is 6. The van der Waals surface area contributed by atoms with Gasteiger partial charge in [0.2, 0.25) is 0 Å². The molecule has 6 nitrogen and oxygen atoms in total. The Balaban J connectivity index is 2.14. The zero-order valence-corrected chi connectivity index (χ0v) is 13.5. The number of ether oxygens (including phenoxy) is 2. The Morgan fingerprint density at radius 2 is 1.29 bits per heavy atom. The predicted molar refractivity (Wildman–Crippen MR) is 94.2 cm³/mol. The fraction of sp³-hybridized carbons (Fsp3) is 0.111. The normalized spacial score (nSPS) is 10.2. The SMILES string of the molecule is COc1ccnc(N(c2ccc(N)cc2)c2cc(OC)ccn2)c1. The molecule has 24 heavy (non-hydrogen) atoms. The van der Waals surface area contributed by atoms with Crippen LogP contribution in [0.2, 0.25) is 0 Å². The Bertz CT molecular complexity index is 774. The minimum absolute atomic E-state index is 0.680. The van der Waals surface area contributed by atoms with Crippen molar-refractivity contribution in [3.63, 3.8) is 0 Å². The van der Waals surface area contributed by atoms with Crippen molar-refractivity contribution in [3.05, 3.63) is 60.9 Å². The topological polar surface area (TPSA) is 73.5 Å². The van der Waals surface area contributed by atoms with E-state index in [1.165, 1.54) is 0 Å². The largest absolute Gasteiger partial charge is 0.497 e. The van der Waals surface area contributed by atoms with Gasteiger partial charge in [-0.3, -0.25) is 4.90 Å². The van der Waals surface area contributed by atoms with Crippen LogP contribution in [0.15, 0.2) is 60.9 Å². The molecule has 3 rings (SSSR count). The molecule has 0 unspecified atom stereocenters. The lowest BCUT2D eigenvalue weighted by Crippen LogP contribution is -2.13. The molecule has 0 saturated carbocycles. The molecule has 0 fully saturated rings. The van der Waals surface area contributed by atoms with Crippen LogP contribution >= 0.6 is 0 Å². The smallest absolute Gasteiger partial charge is 0.142 e. The Morgan fingerprint density at radius 1 is 0.792 bits per heavy atom. The summed E-state index contributed by atoms with van der Waals surface area (Å²) < 4.78 is 10.6. The summed E-state index contributed by atoms with van der Waals surface area (Å²) in [5, 5.41) is 0. The minimum atomic E-state index is 0.680. The highest BCUT2D eigenvalue weighted by Crippen LogP contribution is 2.34. The first-order chi connectivity index (χ1) is 11.7. The summed E-state index contributed by atoms with van der Waals surface area (Å²) in [7, 11) is 3.24. The molecule has 0 bridgehead atoms. The highest BCUT2D eigenvalue weighted by Gasteiger charge is 2.16. The zero-order chi connectivity index (χ0) is 16.9. The molecule has 0 amide bonds. The summed E-state index contributed by atoms with van der Waals surface area (Å²) in [6, 6.07) is 14.8. The third-order valence-corrected chi connectivity index (χ3v) is 3.51. The Hall–Kier alpha value is -3.28. The second-order valence-electron chi connectivity index (χ2n) is 5.03. The summed E-state index contributed by atoms with van der Waals surface area (Å²) in [6.07, 6.45) is 3.39. The van der Waals surface area contributed by atoms with Crippen LogP contribution in [0.25, 0.3) is 0 Å². The highest BCUT2D eigenvalue weighted by molar-refractivity contribution is 5.74. The van der Waals surface area contributed by atoms with Gasteiger partial charge in [0.25, 0.3) is 0 Å². The van der Waals surface area contributed by atoms with Gasteiger partial charge in [0.15, 0.2) is 0 Å². The number of nitrogens with two attached hydrogens (primary N) is 1. The number of nitrogens with zero attached hydrogens (tertiary/aromatic N) is 3. The molecule has 2 N–H and O–H groups in total. The van der Waals surface area contributed by atoms with Gasteiger partial charge in [-0.15, -0.1) is 0 Å². The van der Waals surface area contributed by atoms with Crippen LogP contribution in [0, 0.1) is 0 Å². The van der Waals surface area contributed by atoms with Crippen LogP contribution < -0.4 is 20.1 Å². The Kier molecular flexibility index (Phi) is 4.47. The molecular weight excluding hydrogens is 304 g/mol. The van der Waals surface area contributed by atoms with Crippen molar-refractivity contribution in [2.45, 2.75) is 0 Å². The third-order valence-electron chi connectivity index (χ3n) is 3.51. The fourth-order valence-electron chi connectivity index (χ4n) is 2.30. The molecule has 2 heterocycles. The molecule has 1 aromatic carbocycles. The van der Waals surface area contributed by atoms with Gasteiger partial charge in [0.05, 0.1) is 14.2 Å². The number of pyridine rings is 2. The van der Waals surface area contributed by atoms with Gasteiger partial charge in [-0.1, -0.05) is 0 Å². The molecular formula is C18H18N4O2. The Morgan fingerprint density at radius 3 is 1.75 bits per heavy atom. The fourth-order valence-corrected chi connectivity index (χ4v) is 2.30. The summed E-state index contributed by atoms with van der Waals surface area (Å²) in [5.74, 6) is 2.78. The van der Waals surface area contributed by atoms with E-state index >= 15 is 0 Å². The van der Waals surface area contributed by atoms with Crippen LogP contribution in [0.4, 0.5) is 23.0 Å². The van der Waals surface area contributed by atoms with Crippen molar-refractivity contribution in [1.29, 1.82) is 0 Å². The molecule has 0 aliphatic heterocycles. The van der Waals surface area contributed by atoms with Gasteiger partial charge in [0.1, 0.15) is 23.1 Å². The average molecular weight is 322 g/mol. The van der Waals surface area contributed by atoms with Gasteiger partial charge in [-0.25, -0.2) is 9.97 Å². The zero-order valence-electron chi connectivity index (χ0n) is 13.5. The van der Waals surface area contributed by atoms with E-state index in [4.69, 9.17) is 15.2 Å². The van der Waals surface area contributed by atoms with Gasteiger partial charge in [-0.2, -0.15) is 0 Å². The quantitative estimate of drug-likeness (QED) is 0.724. The maximum Gasteiger partial charge on any atom is 0.142 e. The van der Waals surface area contributed by atoms with E-state index < -0.39 is 0 Å². The number of aromatic nitrogens is 2.